The molecular formula is C7H15N3O. The molecule has 4 nitrogen and oxygen atoms in total. The summed E-state index contributed by atoms with van der Waals surface area (Å²) in [5, 5.41) is 3.00. The Labute approximate surface area is 66.3 Å². The summed E-state index contributed by atoms with van der Waals surface area (Å²) >= 11 is 0. The second-order valence-corrected chi connectivity index (χ2v) is 2.56. The van der Waals surface area contributed by atoms with Crippen molar-refractivity contribution >= 4 is 0 Å². The van der Waals surface area contributed by atoms with Crippen LogP contribution in [0.2, 0.25) is 0 Å². The minimum absolute atomic E-state index is 0. The molecule has 0 spiro atoms. The first-order valence-electron chi connectivity index (χ1n) is 3.29. The van der Waals surface area contributed by atoms with Crippen LogP contribution >= 0.6 is 0 Å². The van der Waals surface area contributed by atoms with E-state index in [9.17, 15) is 0 Å². The van der Waals surface area contributed by atoms with E-state index in [-0.39, 0.29) is 5.48 Å². The van der Waals surface area contributed by atoms with E-state index in [4.69, 9.17) is 11.5 Å². The lowest BCUT2D eigenvalue weighted by Gasteiger charge is -2.22. The Morgan fingerprint density at radius 3 is 2.55 bits per heavy atom. The van der Waals surface area contributed by atoms with Crippen molar-refractivity contribution < 1.29 is 5.48 Å². The largest absolute Gasteiger partial charge is 0.412 e. The van der Waals surface area contributed by atoms with Crippen LogP contribution in [0.5, 0.6) is 0 Å². The topological polar surface area (TPSA) is 95.6 Å². The lowest BCUT2D eigenvalue weighted by Crippen LogP contribution is -2.47. The molecule has 0 bridgehead atoms. The van der Waals surface area contributed by atoms with E-state index in [2.05, 4.69) is 5.32 Å². The number of rotatable bonds is 1. The van der Waals surface area contributed by atoms with Crippen LogP contribution in [0.3, 0.4) is 0 Å². The van der Waals surface area contributed by atoms with Crippen LogP contribution in [0.25, 0.3) is 0 Å². The van der Waals surface area contributed by atoms with Gasteiger partial charge in [0.15, 0.2) is 0 Å². The summed E-state index contributed by atoms with van der Waals surface area (Å²) in [7, 11) is 1.87. The lowest BCUT2D eigenvalue weighted by atomic mass is 10.0. The molecule has 0 aromatic rings. The van der Waals surface area contributed by atoms with Gasteiger partial charge >= 0.3 is 0 Å². The number of nitrogens with one attached hydrogen (secondary N) is 1. The monoisotopic (exact) mass is 157 g/mol. The predicted molar refractivity (Wildman–Crippen MR) is 45.6 cm³/mol. The van der Waals surface area contributed by atoms with Gasteiger partial charge in [0.2, 0.25) is 0 Å². The van der Waals surface area contributed by atoms with Gasteiger partial charge in [-0.25, -0.2) is 0 Å². The van der Waals surface area contributed by atoms with Crippen LogP contribution in [0.15, 0.2) is 23.9 Å². The van der Waals surface area contributed by atoms with E-state index in [1.165, 1.54) is 0 Å². The van der Waals surface area contributed by atoms with Crippen molar-refractivity contribution in [2.75, 3.05) is 7.05 Å². The number of allylic oxidation sites excluding steroid dienone is 1. The van der Waals surface area contributed by atoms with E-state index in [0.717, 1.165) is 5.70 Å². The molecule has 0 aromatic carbocycles. The van der Waals surface area contributed by atoms with Crippen molar-refractivity contribution in [3.05, 3.63) is 23.9 Å². The summed E-state index contributed by atoms with van der Waals surface area (Å²) in [6.07, 6.45) is 6.38. The average Bonchev–Trinajstić information content (AvgIpc) is 1.88. The summed E-state index contributed by atoms with van der Waals surface area (Å²) in [6.45, 7) is 0. The third kappa shape index (κ3) is 2.71. The first-order chi connectivity index (χ1) is 4.64. The van der Waals surface area contributed by atoms with Gasteiger partial charge in [-0.2, -0.15) is 0 Å². The van der Waals surface area contributed by atoms with Crippen molar-refractivity contribution in [3.8, 4) is 0 Å². The quantitative estimate of drug-likeness (QED) is 0.419. The van der Waals surface area contributed by atoms with Crippen molar-refractivity contribution in [2.24, 2.45) is 11.5 Å². The van der Waals surface area contributed by atoms with Crippen LogP contribution in [0.1, 0.15) is 6.42 Å². The normalized spacial score (nSPS) is 20.1. The molecule has 0 saturated heterocycles. The second-order valence-electron chi connectivity index (χ2n) is 2.56. The molecule has 64 valence electrons. The lowest BCUT2D eigenvalue weighted by molar-refractivity contribution is 0.552. The minimum atomic E-state index is -0.639. The van der Waals surface area contributed by atoms with E-state index in [1.54, 1.807) is 6.08 Å². The van der Waals surface area contributed by atoms with Gasteiger partial charge < -0.3 is 22.3 Å². The van der Waals surface area contributed by atoms with Crippen LogP contribution in [-0.2, 0) is 0 Å². The van der Waals surface area contributed by atoms with E-state index >= 15 is 0 Å². The molecule has 0 amide bonds. The highest BCUT2D eigenvalue weighted by Gasteiger charge is 2.15. The summed E-state index contributed by atoms with van der Waals surface area (Å²) in [5.74, 6) is 0. The fraction of sp³-hybridized carbons (Fsp3) is 0.429. The molecule has 1 aliphatic carbocycles. The van der Waals surface area contributed by atoms with Crippen molar-refractivity contribution in [1.82, 2.24) is 5.32 Å². The summed E-state index contributed by atoms with van der Waals surface area (Å²) in [4.78, 5) is 0. The molecular weight excluding hydrogens is 142 g/mol. The van der Waals surface area contributed by atoms with Gasteiger partial charge in [0.1, 0.15) is 0 Å². The molecule has 4 heteroatoms. The highest BCUT2D eigenvalue weighted by Crippen LogP contribution is 2.10. The zero-order valence-electron chi connectivity index (χ0n) is 6.59. The van der Waals surface area contributed by atoms with Gasteiger partial charge in [-0.1, -0.05) is 6.08 Å². The SMILES string of the molecule is CNC1=CCC(N)(N)C=C1.O. The zero-order valence-corrected chi connectivity index (χ0v) is 6.59. The highest BCUT2D eigenvalue weighted by atomic mass is 16.0. The first-order valence-corrected chi connectivity index (χ1v) is 3.29. The van der Waals surface area contributed by atoms with Crippen LogP contribution < -0.4 is 16.8 Å². The Kier molecular flexibility index (Phi) is 3.25. The molecule has 0 radical (unpaired) electrons. The highest BCUT2D eigenvalue weighted by molar-refractivity contribution is 5.26. The van der Waals surface area contributed by atoms with Crippen LogP contribution in [-0.4, -0.2) is 18.2 Å². The van der Waals surface area contributed by atoms with Gasteiger partial charge in [-0.3, -0.25) is 0 Å². The Bertz CT molecular complexity index is 184. The maximum atomic E-state index is 5.61. The second kappa shape index (κ2) is 3.52. The smallest absolute Gasteiger partial charge is 0.0868 e. The molecule has 1 aliphatic rings. The third-order valence-corrected chi connectivity index (χ3v) is 1.54. The maximum absolute atomic E-state index is 5.61. The Balaban J connectivity index is 0.000001000. The molecule has 0 saturated carbocycles. The third-order valence-electron chi connectivity index (χ3n) is 1.54. The molecule has 0 aliphatic heterocycles. The van der Waals surface area contributed by atoms with Crippen molar-refractivity contribution in [3.63, 3.8) is 0 Å². The Morgan fingerprint density at radius 1 is 1.55 bits per heavy atom. The van der Waals surface area contributed by atoms with Crippen molar-refractivity contribution in [2.45, 2.75) is 12.1 Å². The number of hydrogen-bond donors (Lipinski definition) is 3. The fourth-order valence-corrected chi connectivity index (χ4v) is 0.853. The summed E-state index contributed by atoms with van der Waals surface area (Å²) < 4.78 is 0. The number of hydrogen-bond acceptors (Lipinski definition) is 3. The summed E-state index contributed by atoms with van der Waals surface area (Å²) in [5.41, 5.74) is 11.7. The molecule has 7 N–H and O–H groups in total. The minimum Gasteiger partial charge on any atom is -0.412 e. The number of likely N-dealkylation sites (N-methyl/N-ethyl adjacent to an activating group) is 1. The fourth-order valence-electron chi connectivity index (χ4n) is 0.853. The zero-order chi connectivity index (χ0) is 7.61. The molecule has 0 atom stereocenters. The Morgan fingerprint density at radius 2 is 2.18 bits per heavy atom. The molecule has 0 aromatic heterocycles. The van der Waals surface area contributed by atoms with Gasteiger partial charge in [-0.05, 0) is 12.2 Å². The Hall–Kier alpha value is -0.840. The van der Waals surface area contributed by atoms with Gasteiger partial charge in [-0.15, -0.1) is 0 Å². The van der Waals surface area contributed by atoms with Crippen molar-refractivity contribution in [1.29, 1.82) is 0 Å². The van der Waals surface area contributed by atoms with Gasteiger partial charge in [0.05, 0.1) is 5.66 Å². The maximum Gasteiger partial charge on any atom is 0.0868 e. The first kappa shape index (κ1) is 10.2. The van der Waals surface area contributed by atoms with E-state index < -0.39 is 5.66 Å². The van der Waals surface area contributed by atoms with E-state index in [0.29, 0.717) is 6.42 Å². The van der Waals surface area contributed by atoms with Crippen LogP contribution in [0, 0.1) is 0 Å². The standard InChI is InChI=1S/C7H13N3.H2O/c1-10-6-2-4-7(8,9)5-3-6;/h2-4,10H,5,8-9H2,1H3;1H2. The number of nitrogens with two attached hydrogens (primary N) is 2. The molecule has 0 fully saturated rings. The van der Waals surface area contributed by atoms with Crippen LogP contribution in [0.4, 0.5) is 0 Å². The molecule has 11 heavy (non-hydrogen) atoms. The van der Waals surface area contributed by atoms with Gasteiger partial charge in [0.25, 0.3) is 0 Å². The molecule has 0 heterocycles. The van der Waals surface area contributed by atoms with Gasteiger partial charge in [0, 0.05) is 19.2 Å². The summed E-state index contributed by atoms with van der Waals surface area (Å²) in [6, 6.07) is 0. The van der Waals surface area contributed by atoms with E-state index in [1.807, 2.05) is 19.2 Å². The average molecular weight is 157 g/mol. The predicted octanol–water partition coefficient (Wildman–Crippen LogP) is -1.16. The molecule has 0 unspecified atom stereocenters. The molecule has 1 rings (SSSR count).